The number of halogens is 3. The molecule has 0 bridgehead atoms. The Balaban J connectivity index is 1.58. The zero-order valence-corrected chi connectivity index (χ0v) is 16.1. The Kier molecular flexibility index (Phi) is 5.87. The maximum absolute atomic E-state index is 12.7. The normalized spacial score (nSPS) is 15.4. The minimum atomic E-state index is -4.42. The lowest BCUT2D eigenvalue weighted by Crippen LogP contribution is -2.48. The molecule has 1 fully saturated rings. The molecule has 29 heavy (non-hydrogen) atoms. The predicted molar refractivity (Wildman–Crippen MR) is 101 cm³/mol. The molecule has 0 aliphatic carbocycles. The van der Waals surface area contributed by atoms with E-state index in [1.54, 1.807) is 9.80 Å². The van der Waals surface area contributed by atoms with Crippen LogP contribution in [0, 0.1) is 0 Å². The van der Waals surface area contributed by atoms with Crippen molar-refractivity contribution in [1.82, 2.24) is 24.8 Å². The van der Waals surface area contributed by atoms with E-state index < -0.39 is 11.7 Å². The number of carbonyl (C=O) groups is 1. The molecule has 8 nitrogen and oxygen atoms in total. The molecule has 1 amide bonds. The van der Waals surface area contributed by atoms with E-state index in [1.165, 1.54) is 12.1 Å². The number of amides is 1. The third-order valence-corrected chi connectivity index (χ3v) is 4.57. The first kappa shape index (κ1) is 20.8. The zero-order chi connectivity index (χ0) is 21.2. The van der Waals surface area contributed by atoms with E-state index in [1.807, 2.05) is 14.1 Å². The van der Waals surface area contributed by atoms with Crippen molar-refractivity contribution in [2.45, 2.75) is 12.7 Å². The molecule has 156 valence electrons. The maximum atomic E-state index is 12.7. The Bertz CT molecular complexity index is 863. The number of aromatic nitrogens is 3. The van der Waals surface area contributed by atoms with Crippen molar-refractivity contribution < 1.29 is 18.0 Å². The van der Waals surface area contributed by atoms with Gasteiger partial charge in [0.1, 0.15) is 5.82 Å². The molecule has 1 aliphatic rings. The first-order valence-corrected chi connectivity index (χ1v) is 9.00. The average molecular weight is 409 g/mol. The summed E-state index contributed by atoms with van der Waals surface area (Å²) in [6.07, 6.45) is -4.42. The van der Waals surface area contributed by atoms with Gasteiger partial charge in [-0.3, -0.25) is 9.69 Å². The van der Waals surface area contributed by atoms with Crippen molar-refractivity contribution in [3.63, 3.8) is 0 Å². The summed E-state index contributed by atoms with van der Waals surface area (Å²) in [5, 5.41) is 0. The van der Waals surface area contributed by atoms with Crippen LogP contribution in [0.2, 0.25) is 0 Å². The van der Waals surface area contributed by atoms with Crippen molar-refractivity contribution in [3.05, 3.63) is 41.2 Å². The topological polar surface area (TPSA) is 91.5 Å². The van der Waals surface area contributed by atoms with Crippen LogP contribution in [0.15, 0.2) is 24.3 Å². The van der Waals surface area contributed by atoms with Gasteiger partial charge in [-0.25, -0.2) is 0 Å². The highest BCUT2D eigenvalue weighted by Crippen LogP contribution is 2.29. The summed E-state index contributed by atoms with van der Waals surface area (Å²) in [5.41, 5.74) is 5.21. The van der Waals surface area contributed by atoms with Gasteiger partial charge < -0.3 is 15.5 Å². The third kappa shape index (κ3) is 5.11. The van der Waals surface area contributed by atoms with Crippen LogP contribution in [0.1, 0.15) is 21.7 Å². The van der Waals surface area contributed by atoms with Crippen LogP contribution in [0.5, 0.6) is 0 Å². The summed E-state index contributed by atoms with van der Waals surface area (Å²) in [6, 6.07) is 4.29. The minimum Gasteiger partial charge on any atom is -0.368 e. The number of anilines is 2. The molecule has 0 spiro atoms. The van der Waals surface area contributed by atoms with Crippen LogP contribution in [-0.4, -0.2) is 70.9 Å². The Morgan fingerprint density at radius 3 is 2.24 bits per heavy atom. The lowest BCUT2D eigenvalue weighted by atomic mass is 10.1. The third-order valence-electron chi connectivity index (χ3n) is 4.57. The van der Waals surface area contributed by atoms with E-state index in [0.29, 0.717) is 44.5 Å². The smallest absolute Gasteiger partial charge is 0.368 e. The van der Waals surface area contributed by atoms with Crippen molar-refractivity contribution in [2.75, 3.05) is 50.9 Å². The van der Waals surface area contributed by atoms with E-state index in [0.717, 1.165) is 12.1 Å². The molecular formula is C18H22F3N7O. The molecule has 2 aromatic rings. The molecule has 0 atom stereocenters. The first-order valence-electron chi connectivity index (χ1n) is 9.00. The molecule has 0 saturated carbocycles. The number of carbonyl (C=O) groups excluding carboxylic acids is 1. The highest BCUT2D eigenvalue weighted by molar-refractivity contribution is 5.94. The Labute approximate surface area is 166 Å². The van der Waals surface area contributed by atoms with E-state index >= 15 is 0 Å². The molecule has 1 aromatic heterocycles. The number of hydrogen-bond acceptors (Lipinski definition) is 7. The van der Waals surface area contributed by atoms with Gasteiger partial charge in [-0.15, -0.1) is 0 Å². The Morgan fingerprint density at radius 1 is 1.07 bits per heavy atom. The summed E-state index contributed by atoms with van der Waals surface area (Å²) in [7, 11) is 3.62. The Morgan fingerprint density at radius 2 is 1.69 bits per heavy atom. The number of alkyl halides is 3. The summed E-state index contributed by atoms with van der Waals surface area (Å²) < 4.78 is 38.0. The van der Waals surface area contributed by atoms with Crippen LogP contribution in [0.3, 0.4) is 0 Å². The first-order chi connectivity index (χ1) is 13.6. The SMILES string of the molecule is CN(C)c1nc(N)nc(CN2CCN(C(=O)c3ccc(C(F)(F)F)cc3)CC2)n1. The minimum absolute atomic E-state index is 0.148. The van der Waals surface area contributed by atoms with Gasteiger partial charge >= 0.3 is 6.18 Å². The maximum Gasteiger partial charge on any atom is 0.416 e. The summed E-state index contributed by atoms with van der Waals surface area (Å²) >= 11 is 0. The standard InChI is InChI=1S/C18H22F3N7O/c1-26(2)17-24-14(23-16(22)25-17)11-27-7-9-28(10-8-27)15(29)12-3-5-13(6-4-12)18(19,20)21/h3-6H,7-11H2,1-2H3,(H2,22,23,24,25). The number of nitrogens with zero attached hydrogens (tertiary/aromatic N) is 6. The molecule has 11 heteroatoms. The zero-order valence-electron chi connectivity index (χ0n) is 16.1. The van der Waals surface area contributed by atoms with E-state index in [-0.39, 0.29) is 17.4 Å². The van der Waals surface area contributed by atoms with E-state index in [4.69, 9.17) is 5.73 Å². The quantitative estimate of drug-likeness (QED) is 0.818. The van der Waals surface area contributed by atoms with Crippen molar-refractivity contribution in [3.8, 4) is 0 Å². The van der Waals surface area contributed by atoms with Gasteiger partial charge in [0, 0.05) is 45.8 Å². The van der Waals surface area contributed by atoms with Crippen molar-refractivity contribution in [1.29, 1.82) is 0 Å². The van der Waals surface area contributed by atoms with Gasteiger partial charge in [0.05, 0.1) is 12.1 Å². The largest absolute Gasteiger partial charge is 0.416 e. The van der Waals surface area contributed by atoms with Crippen molar-refractivity contribution >= 4 is 17.8 Å². The average Bonchev–Trinajstić information content (AvgIpc) is 2.67. The Hall–Kier alpha value is -2.95. The lowest BCUT2D eigenvalue weighted by Gasteiger charge is -2.34. The van der Waals surface area contributed by atoms with Crippen LogP contribution in [-0.2, 0) is 12.7 Å². The fraction of sp³-hybridized carbons (Fsp3) is 0.444. The summed E-state index contributed by atoms with van der Waals surface area (Å²) in [4.78, 5) is 30.6. The summed E-state index contributed by atoms with van der Waals surface area (Å²) in [5.74, 6) is 0.889. The van der Waals surface area contributed by atoms with Gasteiger partial charge in [-0.05, 0) is 24.3 Å². The highest BCUT2D eigenvalue weighted by atomic mass is 19.4. The summed E-state index contributed by atoms with van der Waals surface area (Å²) in [6.45, 7) is 2.57. The van der Waals surface area contributed by atoms with Crippen LogP contribution < -0.4 is 10.6 Å². The molecular weight excluding hydrogens is 387 g/mol. The van der Waals surface area contributed by atoms with E-state index in [2.05, 4.69) is 19.9 Å². The fourth-order valence-corrected chi connectivity index (χ4v) is 2.99. The van der Waals surface area contributed by atoms with Crippen molar-refractivity contribution in [2.24, 2.45) is 0 Å². The molecule has 2 N–H and O–H groups in total. The van der Waals surface area contributed by atoms with E-state index in [9.17, 15) is 18.0 Å². The van der Waals surface area contributed by atoms with Crippen LogP contribution in [0.25, 0.3) is 0 Å². The molecule has 1 aromatic carbocycles. The number of benzene rings is 1. The van der Waals surface area contributed by atoms with Gasteiger partial charge in [0.2, 0.25) is 11.9 Å². The molecule has 3 rings (SSSR count). The van der Waals surface area contributed by atoms with Crippen LogP contribution >= 0.6 is 0 Å². The molecule has 0 radical (unpaired) electrons. The fourth-order valence-electron chi connectivity index (χ4n) is 2.99. The molecule has 0 unspecified atom stereocenters. The second-order valence-electron chi connectivity index (χ2n) is 6.95. The van der Waals surface area contributed by atoms with Crippen LogP contribution in [0.4, 0.5) is 25.1 Å². The number of rotatable bonds is 4. The highest BCUT2D eigenvalue weighted by Gasteiger charge is 2.30. The van der Waals surface area contributed by atoms with Gasteiger partial charge in [-0.2, -0.15) is 28.1 Å². The van der Waals surface area contributed by atoms with Gasteiger partial charge in [0.15, 0.2) is 0 Å². The second kappa shape index (κ2) is 8.19. The predicted octanol–water partition coefficient (Wildman–Crippen LogP) is 1.50. The number of piperazine rings is 1. The van der Waals surface area contributed by atoms with Gasteiger partial charge in [-0.1, -0.05) is 0 Å². The lowest BCUT2D eigenvalue weighted by molar-refractivity contribution is -0.137. The molecule has 1 saturated heterocycles. The molecule has 2 heterocycles. The molecule has 1 aliphatic heterocycles. The number of hydrogen-bond donors (Lipinski definition) is 1. The second-order valence-corrected chi connectivity index (χ2v) is 6.95. The number of nitrogen functional groups attached to an aromatic ring is 1. The monoisotopic (exact) mass is 409 g/mol. The number of nitrogens with two attached hydrogens (primary N) is 1. The van der Waals surface area contributed by atoms with Gasteiger partial charge in [0.25, 0.3) is 5.91 Å².